The zero-order valence-electron chi connectivity index (χ0n) is 12.1. The third-order valence-electron chi connectivity index (χ3n) is 3.54. The van der Waals surface area contributed by atoms with Crippen molar-refractivity contribution in [2.75, 3.05) is 38.5 Å². The Morgan fingerprint density at radius 2 is 1.95 bits per heavy atom. The van der Waals surface area contributed by atoms with Crippen molar-refractivity contribution >= 4 is 27.0 Å². The molecule has 0 aromatic carbocycles. The number of thiophene rings is 1. The van der Waals surface area contributed by atoms with Crippen LogP contribution in [-0.4, -0.2) is 50.3 Å². The Hall–Kier alpha value is -0.630. The summed E-state index contributed by atoms with van der Waals surface area (Å²) < 4.78 is 26.8. The van der Waals surface area contributed by atoms with Crippen LogP contribution in [-0.2, 0) is 10.0 Å². The van der Waals surface area contributed by atoms with Crippen molar-refractivity contribution in [3.8, 4) is 0 Å². The monoisotopic (exact) mass is 317 g/mol. The molecular weight excluding hydrogens is 294 g/mol. The van der Waals surface area contributed by atoms with Gasteiger partial charge < -0.3 is 10.6 Å². The first-order chi connectivity index (χ1) is 9.39. The van der Waals surface area contributed by atoms with Crippen LogP contribution in [0.25, 0.3) is 0 Å². The van der Waals surface area contributed by atoms with E-state index < -0.39 is 10.0 Å². The Morgan fingerprint density at radius 3 is 2.45 bits per heavy atom. The number of sulfonamides is 1. The van der Waals surface area contributed by atoms with Gasteiger partial charge in [0.1, 0.15) is 4.21 Å². The van der Waals surface area contributed by atoms with Crippen LogP contribution < -0.4 is 5.73 Å². The van der Waals surface area contributed by atoms with Crippen LogP contribution in [0.1, 0.15) is 20.3 Å². The van der Waals surface area contributed by atoms with Crippen LogP contribution in [0.5, 0.6) is 0 Å². The summed E-state index contributed by atoms with van der Waals surface area (Å²) in [7, 11) is -3.35. The molecule has 1 aromatic rings. The number of rotatable bonds is 5. The minimum atomic E-state index is -3.35. The largest absolute Gasteiger partial charge is 0.398 e. The second kappa shape index (κ2) is 6.43. The van der Waals surface area contributed by atoms with Crippen molar-refractivity contribution in [3.05, 3.63) is 11.4 Å². The molecule has 1 aliphatic rings. The van der Waals surface area contributed by atoms with Crippen LogP contribution in [0.2, 0.25) is 0 Å². The molecule has 2 rings (SSSR count). The average Bonchev–Trinajstić information content (AvgIpc) is 2.84. The smallest absolute Gasteiger partial charge is 0.252 e. The first-order valence-corrected chi connectivity index (χ1v) is 9.28. The van der Waals surface area contributed by atoms with Gasteiger partial charge in [-0.1, -0.05) is 13.8 Å². The van der Waals surface area contributed by atoms with Gasteiger partial charge in [-0.25, -0.2) is 8.42 Å². The zero-order chi connectivity index (χ0) is 14.8. The SMILES string of the molecule is CC(C)CCN1CCN(S(=O)(=O)c2cc(N)cs2)CC1. The number of nitrogens with zero attached hydrogens (tertiary/aromatic N) is 2. The lowest BCUT2D eigenvalue weighted by atomic mass is 10.1. The fourth-order valence-corrected chi connectivity index (χ4v) is 4.88. The predicted molar refractivity (Wildman–Crippen MR) is 83.4 cm³/mol. The molecule has 0 saturated carbocycles. The summed E-state index contributed by atoms with van der Waals surface area (Å²) in [5.41, 5.74) is 6.13. The fourth-order valence-electron chi connectivity index (χ4n) is 2.23. The summed E-state index contributed by atoms with van der Waals surface area (Å²) in [4.78, 5) is 2.34. The molecule has 0 radical (unpaired) electrons. The minimum absolute atomic E-state index is 0.352. The highest BCUT2D eigenvalue weighted by molar-refractivity contribution is 7.91. The molecule has 20 heavy (non-hydrogen) atoms. The molecule has 0 amide bonds. The molecular formula is C13H23N3O2S2. The fraction of sp³-hybridized carbons (Fsp3) is 0.692. The highest BCUT2D eigenvalue weighted by atomic mass is 32.2. The van der Waals surface area contributed by atoms with Gasteiger partial charge in [-0.15, -0.1) is 11.3 Å². The lowest BCUT2D eigenvalue weighted by molar-refractivity contribution is 0.181. The maximum absolute atomic E-state index is 12.4. The van der Waals surface area contributed by atoms with Crippen molar-refractivity contribution in [1.82, 2.24) is 9.21 Å². The van der Waals surface area contributed by atoms with E-state index in [1.807, 2.05) is 0 Å². The highest BCUT2D eigenvalue weighted by Gasteiger charge is 2.29. The van der Waals surface area contributed by atoms with E-state index in [4.69, 9.17) is 5.73 Å². The third-order valence-corrected chi connectivity index (χ3v) is 6.88. The molecule has 2 N–H and O–H groups in total. The Bertz CT molecular complexity index is 532. The predicted octanol–water partition coefficient (Wildman–Crippen LogP) is 1.68. The molecule has 5 nitrogen and oxygen atoms in total. The molecule has 7 heteroatoms. The van der Waals surface area contributed by atoms with Gasteiger partial charge in [0, 0.05) is 37.2 Å². The standard InChI is InChI=1S/C13H23N3O2S2/c1-11(2)3-4-15-5-7-16(8-6-15)20(17,18)13-9-12(14)10-19-13/h9-11H,3-8,14H2,1-2H3. The third kappa shape index (κ3) is 3.72. The van der Waals surface area contributed by atoms with Crippen molar-refractivity contribution < 1.29 is 8.42 Å². The van der Waals surface area contributed by atoms with E-state index in [1.165, 1.54) is 11.3 Å². The van der Waals surface area contributed by atoms with Gasteiger partial charge in [-0.2, -0.15) is 4.31 Å². The van der Waals surface area contributed by atoms with Crippen molar-refractivity contribution in [2.24, 2.45) is 5.92 Å². The van der Waals surface area contributed by atoms with Gasteiger partial charge in [-0.3, -0.25) is 0 Å². The number of nitrogen functional groups attached to an aromatic ring is 1. The number of piperazine rings is 1. The summed E-state index contributed by atoms with van der Waals surface area (Å²) in [6, 6.07) is 1.55. The van der Waals surface area contributed by atoms with Gasteiger partial charge in [0.25, 0.3) is 10.0 Å². The molecule has 0 spiro atoms. The molecule has 0 unspecified atom stereocenters. The second-order valence-corrected chi connectivity index (χ2v) is 8.70. The molecule has 114 valence electrons. The molecule has 2 heterocycles. The first kappa shape index (κ1) is 15.8. The summed E-state index contributed by atoms with van der Waals surface area (Å²) >= 11 is 1.20. The normalized spacial score (nSPS) is 18.8. The van der Waals surface area contributed by atoms with E-state index in [0.29, 0.717) is 28.9 Å². The van der Waals surface area contributed by atoms with Gasteiger partial charge in [0.05, 0.1) is 0 Å². The Kier molecular flexibility index (Phi) is 5.06. The van der Waals surface area contributed by atoms with Gasteiger partial charge in [0.15, 0.2) is 0 Å². The maximum atomic E-state index is 12.4. The van der Waals surface area contributed by atoms with Crippen molar-refractivity contribution in [3.63, 3.8) is 0 Å². The summed E-state index contributed by atoms with van der Waals surface area (Å²) in [6.07, 6.45) is 1.16. The van der Waals surface area contributed by atoms with E-state index in [-0.39, 0.29) is 0 Å². The molecule has 1 saturated heterocycles. The van der Waals surface area contributed by atoms with Gasteiger partial charge in [-0.05, 0) is 24.9 Å². The van der Waals surface area contributed by atoms with Crippen molar-refractivity contribution in [2.45, 2.75) is 24.5 Å². The van der Waals surface area contributed by atoms with Crippen LogP contribution in [0, 0.1) is 5.92 Å². The van der Waals surface area contributed by atoms with E-state index >= 15 is 0 Å². The molecule has 1 fully saturated rings. The van der Waals surface area contributed by atoms with E-state index in [9.17, 15) is 8.42 Å². The van der Waals surface area contributed by atoms with Gasteiger partial charge >= 0.3 is 0 Å². The number of hydrogen-bond acceptors (Lipinski definition) is 5. The Labute approximate surface area is 125 Å². The summed E-state index contributed by atoms with van der Waals surface area (Å²) in [6.45, 7) is 8.23. The van der Waals surface area contributed by atoms with E-state index in [2.05, 4.69) is 18.7 Å². The second-order valence-electron chi connectivity index (χ2n) is 5.63. The summed E-state index contributed by atoms with van der Waals surface area (Å²) in [5.74, 6) is 0.686. The minimum Gasteiger partial charge on any atom is -0.398 e. The van der Waals surface area contributed by atoms with Crippen LogP contribution in [0.3, 0.4) is 0 Å². The zero-order valence-corrected chi connectivity index (χ0v) is 13.7. The molecule has 1 aliphatic heterocycles. The van der Waals surface area contributed by atoms with Crippen molar-refractivity contribution in [1.29, 1.82) is 0 Å². The molecule has 0 bridgehead atoms. The highest BCUT2D eigenvalue weighted by Crippen LogP contribution is 2.25. The maximum Gasteiger partial charge on any atom is 0.252 e. The topological polar surface area (TPSA) is 66.6 Å². The molecule has 0 aliphatic carbocycles. The summed E-state index contributed by atoms with van der Waals surface area (Å²) in [5, 5.41) is 1.67. The quantitative estimate of drug-likeness (QED) is 0.897. The molecule has 1 aromatic heterocycles. The number of hydrogen-bond donors (Lipinski definition) is 1. The Morgan fingerprint density at radius 1 is 1.30 bits per heavy atom. The average molecular weight is 317 g/mol. The van der Waals surface area contributed by atoms with E-state index in [0.717, 1.165) is 26.1 Å². The van der Waals surface area contributed by atoms with Crippen LogP contribution in [0.4, 0.5) is 5.69 Å². The lowest BCUT2D eigenvalue weighted by Gasteiger charge is -2.33. The number of nitrogens with two attached hydrogens (primary N) is 1. The number of anilines is 1. The van der Waals surface area contributed by atoms with Gasteiger partial charge in [0.2, 0.25) is 0 Å². The van der Waals surface area contributed by atoms with Crippen LogP contribution >= 0.6 is 11.3 Å². The lowest BCUT2D eigenvalue weighted by Crippen LogP contribution is -2.48. The van der Waals surface area contributed by atoms with Crippen LogP contribution in [0.15, 0.2) is 15.7 Å². The first-order valence-electron chi connectivity index (χ1n) is 6.96. The Balaban J connectivity index is 1.93. The molecule has 0 atom stereocenters. The van der Waals surface area contributed by atoms with E-state index in [1.54, 1.807) is 15.8 Å².